The molecule has 2 aromatic rings. The summed E-state index contributed by atoms with van der Waals surface area (Å²) in [6, 6.07) is 16.5. The molecule has 0 bridgehead atoms. The fourth-order valence-electron chi connectivity index (χ4n) is 1.95. The highest BCUT2D eigenvalue weighted by atomic mass is 35.5. The lowest BCUT2D eigenvalue weighted by Gasteiger charge is -2.26. The second-order valence-corrected chi connectivity index (χ2v) is 5.54. The number of hydrogen-bond acceptors (Lipinski definition) is 2. The maximum Gasteiger partial charge on any atom is 0.182 e. The lowest BCUT2D eigenvalue weighted by molar-refractivity contribution is 0.0998. The van der Waals surface area contributed by atoms with E-state index in [2.05, 4.69) is 0 Å². The van der Waals surface area contributed by atoms with Crippen LogP contribution in [0.4, 0.5) is 5.69 Å². The smallest absolute Gasteiger partial charge is 0.182 e. The molecule has 0 spiro atoms. The van der Waals surface area contributed by atoms with Crippen LogP contribution in [0, 0.1) is 0 Å². The van der Waals surface area contributed by atoms with Crippen molar-refractivity contribution in [3.8, 4) is 0 Å². The Morgan fingerprint density at radius 1 is 1.15 bits per heavy atom. The maximum absolute atomic E-state index is 12.3. The van der Waals surface area contributed by atoms with Crippen molar-refractivity contribution in [2.24, 2.45) is 0 Å². The number of hydrogen-bond donors (Lipinski definition) is 0. The quantitative estimate of drug-likeness (QED) is 0.456. The van der Waals surface area contributed by atoms with Gasteiger partial charge in [-0.15, -0.1) is 0 Å². The number of benzene rings is 2. The van der Waals surface area contributed by atoms with Gasteiger partial charge in [0.1, 0.15) is 5.50 Å². The fourth-order valence-corrected chi connectivity index (χ4v) is 2.31. The Balaban J connectivity index is 2.21. The van der Waals surface area contributed by atoms with E-state index in [1.54, 1.807) is 24.3 Å². The molecule has 2 aromatic carbocycles. The Labute approximate surface area is 128 Å². The van der Waals surface area contributed by atoms with E-state index in [9.17, 15) is 4.79 Å². The van der Waals surface area contributed by atoms with Crippen LogP contribution < -0.4 is 4.90 Å². The number of ketones is 1. The largest absolute Gasteiger partial charge is 0.348 e. The zero-order valence-corrected chi connectivity index (χ0v) is 12.6. The minimum Gasteiger partial charge on any atom is -0.348 e. The molecule has 0 radical (unpaired) electrons. The topological polar surface area (TPSA) is 20.3 Å². The number of anilines is 1. The van der Waals surface area contributed by atoms with E-state index >= 15 is 0 Å². The maximum atomic E-state index is 12.3. The molecule has 4 heteroatoms. The lowest BCUT2D eigenvalue weighted by atomic mass is 10.1. The zero-order chi connectivity index (χ0) is 14.5. The summed E-state index contributed by atoms with van der Waals surface area (Å²) >= 11 is 12.2. The van der Waals surface area contributed by atoms with Gasteiger partial charge >= 0.3 is 0 Å². The normalized spacial score (nSPS) is 11.9. The van der Waals surface area contributed by atoms with Crippen LogP contribution in [-0.2, 0) is 0 Å². The number of rotatable bonds is 5. The third kappa shape index (κ3) is 3.75. The van der Waals surface area contributed by atoms with E-state index in [1.807, 2.05) is 42.2 Å². The zero-order valence-electron chi connectivity index (χ0n) is 11.1. The first-order valence-electron chi connectivity index (χ1n) is 6.32. The van der Waals surface area contributed by atoms with Crippen molar-refractivity contribution in [3.05, 3.63) is 65.2 Å². The Morgan fingerprint density at radius 3 is 2.45 bits per heavy atom. The Kier molecular flexibility index (Phi) is 5.05. The van der Waals surface area contributed by atoms with Gasteiger partial charge in [0.05, 0.1) is 6.54 Å². The highest BCUT2D eigenvalue weighted by Crippen LogP contribution is 2.23. The molecule has 1 atom stereocenters. The average molecular weight is 308 g/mol. The van der Waals surface area contributed by atoms with E-state index in [0.717, 1.165) is 5.69 Å². The lowest BCUT2D eigenvalue weighted by Crippen LogP contribution is -2.34. The van der Waals surface area contributed by atoms with Crippen molar-refractivity contribution < 1.29 is 4.79 Å². The number of carbonyl (C=O) groups is 1. The molecule has 20 heavy (non-hydrogen) atoms. The molecule has 0 saturated heterocycles. The molecule has 0 fully saturated rings. The standard InChI is InChI=1S/C16H15Cl2NO/c1-12(17)19(15-9-5-8-14(18)10-15)11-16(20)13-6-3-2-4-7-13/h2-10,12H,11H2,1H3. The third-order valence-electron chi connectivity index (χ3n) is 2.98. The minimum atomic E-state index is -0.305. The van der Waals surface area contributed by atoms with E-state index < -0.39 is 0 Å². The molecule has 2 rings (SSSR count). The monoisotopic (exact) mass is 307 g/mol. The van der Waals surface area contributed by atoms with Gasteiger partial charge in [0.15, 0.2) is 5.78 Å². The molecule has 0 aliphatic carbocycles. The first-order valence-corrected chi connectivity index (χ1v) is 7.14. The van der Waals surface area contributed by atoms with Crippen LogP contribution in [0.2, 0.25) is 5.02 Å². The summed E-state index contributed by atoms with van der Waals surface area (Å²) in [5.41, 5.74) is 1.21. The predicted molar refractivity (Wildman–Crippen MR) is 84.9 cm³/mol. The van der Waals surface area contributed by atoms with Gasteiger partial charge in [0, 0.05) is 16.3 Å². The Morgan fingerprint density at radius 2 is 1.85 bits per heavy atom. The molecule has 2 nitrogen and oxygen atoms in total. The highest BCUT2D eigenvalue weighted by molar-refractivity contribution is 6.31. The molecule has 0 aromatic heterocycles. The first-order chi connectivity index (χ1) is 9.58. The summed E-state index contributed by atoms with van der Waals surface area (Å²) in [5, 5.41) is 0.622. The molecular weight excluding hydrogens is 293 g/mol. The fraction of sp³-hybridized carbons (Fsp3) is 0.188. The summed E-state index contributed by atoms with van der Waals surface area (Å²) < 4.78 is 0. The van der Waals surface area contributed by atoms with Crippen molar-refractivity contribution in [2.45, 2.75) is 12.4 Å². The van der Waals surface area contributed by atoms with Gasteiger partial charge in [-0.25, -0.2) is 0 Å². The van der Waals surface area contributed by atoms with Crippen LogP contribution in [0.1, 0.15) is 17.3 Å². The van der Waals surface area contributed by atoms with E-state index in [1.165, 1.54) is 0 Å². The van der Waals surface area contributed by atoms with Crippen LogP contribution in [-0.4, -0.2) is 17.8 Å². The molecule has 0 aliphatic heterocycles. The second kappa shape index (κ2) is 6.78. The summed E-state index contributed by atoms with van der Waals surface area (Å²) in [6.07, 6.45) is 0. The van der Waals surface area contributed by atoms with Crippen LogP contribution in [0.25, 0.3) is 0 Å². The minimum absolute atomic E-state index is 0.0260. The van der Waals surface area contributed by atoms with Crippen LogP contribution in [0.5, 0.6) is 0 Å². The van der Waals surface area contributed by atoms with Gasteiger partial charge in [-0.2, -0.15) is 0 Å². The van der Waals surface area contributed by atoms with Crippen LogP contribution >= 0.6 is 23.2 Å². The Hall–Kier alpha value is -1.51. The molecule has 0 heterocycles. The van der Waals surface area contributed by atoms with Crippen molar-refractivity contribution in [2.75, 3.05) is 11.4 Å². The highest BCUT2D eigenvalue weighted by Gasteiger charge is 2.17. The Bertz CT molecular complexity index is 584. The van der Waals surface area contributed by atoms with Gasteiger partial charge in [0.25, 0.3) is 0 Å². The van der Waals surface area contributed by atoms with Crippen LogP contribution in [0.15, 0.2) is 54.6 Å². The molecule has 0 saturated carbocycles. The molecular formula is C16H15Cl2NO. The van der Waals surface area contributed by atoms with Crippen LogP contribution in [0.3, 0.4) is 0 Å². The molecule has 1 unspecified atom stereocenters. The van der Waals surface area contributed by atoms with Crippen molar-refractivity contribution in [3.63, 3.8) is 0 Å². The summed E-state index contributed by atoms with van der Waals surface area (Å²) in [6.45, 7) is 2.05. The summed E-state index contributed by atoms with van der Waals surface area (Å²) in [4.78, 5) is 14.1. The van der Waals surface area contributed by atoms with Gasteiger partial charge in [-0.3, -0.25) is 4.79 Å². The molecule has 0 amide bonds. The first kappa shape index (κ1) is 14.9. The number of halogens is 2. The van der Waals surface area contributed by atoms with E-state index in [-0.39, 0.29) is 17.8 Å². The number of Topliss-reactive ketones (excluding diaryl/α,β-unsaturated/α-hetero) is 1. The number of carbonyl (C=O) groups excluding carboxylic acids is 1. The molecule has 0 N–H and O–H groups in total. The van der Waals surface area contributed by atoms with E-state index in [0.29, 0.717) is 10.6 Å². The van der Waals surface area contributed by atoms with Crippen molar-refractivity contribution in [1.29, 1.82) is 0 Å². The van der Waals surface area contributed by atoms with Gasteiger partial charge in [-0.1, -0.05) is 59.6 Å². The average Bonchev–Trinajstić information content (AvgIpc) is 2.45. The van der Waals surface area contributed by atoms with Gasteiger partial charge < -0.3 is 4.90 Å². The molecule has 104 valence electrons. The summed E-state index contributed by atoms with van der Waals surface area (Å²) in [7, 11) is 0. The second-order valence-electron chi connectivity index (χ2n) is 4.47. The molecule has 0 aliphatic rings. The van der Waals surface area contributed by atoms with Crippen molar-refractivity contribution >= 4 is 34.7 Å². The van der Waals surface area contributed by atoms with E-state index in [4.69, 9.17) is 23.2 Å². The SMILES string of the molecule is CC(Cl)N(CC(=O)c1ccccc1)c1cccc(Cl)c1. The predicted octanol–water partition coefficient (Wildman–Crippen LogP) is 4.61. The number of alkyl halides is 1. The van der Waals surface area contributed by atoms with Gasteiger partial charge in [-0.05, 0) is 25.1 Å². The van der Waals surface area contributed by atoms with Gasteiger partial charge in [0.2, 0.25) is 0 Å². The van der Waals surface area contributed by atoms with Crippen molar-refractivity contribution in [1.82, 2.24) is 0 Å². The summed E-state index contributed by atoms with van der Waals surface area (Å²) in [5.74, 6) is 0.0260. The number of nitrogens with zero attached hydrogens (tertiary/aromatic N) is 1. The third-order valence-corrected chi connectivity index (χ3v) is 3.45.